The molecule has 0 bridgehead atoms. The van der Waals surface area contributed by atoms with Crippen LogP contribution in [-0.4, -0.2) is 34.3 Å². The van der Waals surface area contributed by atoms with Crippen molar-refractivity contribution in [3.8, 4) is 0 Å². The van der Waals surface area contributed by atoms with Crippen LogP contribution in [0.4, 0.5) is 28.9 Å². The zero-order chi connectivity index (χ0) is 39.1. The number of hydrogen-bond donors (Lipinski definition) is 2. The van der Waals surface area contributed by atoms with Gasteiger partial charge in [-0.15, -0.1) is 0 Å². The summed E-state index contributed by atoms with van der Waals surface area (Å²) in [5.41, 5.74) is -3.40. The summed E-state index contributed by atoms with van der Waals surface area (Å²) in [7, 11) is 0. The Morgan fingerprint density at radius 3 is 1.40 bits per heavy atom. The Bertz CT molecular complexity index is 1690. The number of carbonyl (C=O) groups is 2. The summed E-state index contributed by atoms with van der Waals surface area (Å²) in [6, 6.07) is 4.17. The summed E-state index contributed by atoms with van der Waals surface area (Å²) < 4.78 is 67.8. The number of hydrogen-bond acceptors (Lipinski definition) is 2. The van der Waals surface area contributed by atoms with Gasteiger partial charge in [0.1, 0.15) is 0 Å². The molecule has 0 spiro atoms. The number of halogens is 8. The van der Waals surface area contributed by atoms with Crippen LogP contribution in [0.25, 0.3) is 0 Å². The van der Waals surface area contributed by atoms with Crippen LogP contribution >= 0.6 is 46.4 Å². The molecule has 4 nitrogen and oxygen atoms in total. The van der Waals surface area contributed by atoms with Crippen molar-refractivity contribution in [1.82, 2.24) is 0 Å². The van der Waals surface area contributed by atoms with Gasteiger partial charge in [-0.25, -0.2) is 0 Å². The number of alkyl halides is 4. The maximum absolute atomic E-state index is 17.3. The van der Waals surface area contributed by atoms with Gasteiger partial charge in [-0.1, -0.05) is 0 Å². The number of rotatable bonds is 18. The predicted octanol–water partition coefficient (Wildman–Crippen LogP) is 11.0. The van der Waals surface area contributed by atoms with Crippen molar-refractivity contribution in [2.45, 2.75) is 89.8 Å². The van der Waals surface area contributed by atoms with E-state index in [1.165, 1.54) is 0 Å². The van der Waals surface area contributed by atoms with Gasteiger partial charge in [0.05, 0.1) is 0 Å². The Kier molecular flexibility index (Phi) is 15.4. The van der Waals surface area contributed by atoms with Crippen LogP contribution in [0.2, 0.25) is 0 Å². The molecule has 2 aromatic carbocycles. The topological polar surface area (TPSA) is 58.2 Å². The first-order valence-electron chi connectivity index (χ1n) is 17.9. The average molecular weight is 852 g/mol. The van der Waals surface area contributed by atoms with E-state index in [-0.39, 0.29) is 36.0 Å². The summed E-state index contributed by atoms with van der Waals surface area (Å²) >= 11 is 20.6. The minimum absolute atomic E-state index is 0.174. The number of nitrogens with one attached hydrogen (secondary N) is 2. The first kappa shape index (κ1) is 43.7. The van der Waals surface area contributed by atoms with Crippen LogP contribution < -0.4 is 18.4 Å². The number of anilines is 2. The summed E-state index contributed by atoms with van der Waals surface area (Å²) in [5, 5.41) is 3.80. The van der Waals surface area contributed by atoms with Crippen LogP contribution in [0.15, 0.2) is 68.5 Å². The third-order valence-electron chi connectivity index (χ3n) is 10.5. The zero-order valence-electron chi connectivity index (χ0n) is 30.3. The molecule has 2 aliphatic carbocycles. The molecule has 0 saturated carbocycles. The van der Waals surface area contributed by atoms with Gasteiger partial charge in [0.2, 0.25) is 0 Å². The van der Waals surface area contributed by atoms with Crippen molar-refractivity contribution in [2.75, 3.05) is 22.4 Å². The van der Waals surface area contributed by atoms with Crippen molar-refractivity contribution in [3.63, 3.8) is 0 Å². The van der Waals surface area contributed by atoms with Crippen molar-refractivity contribution >= 4 is 77.3 Å². The molecule has 0 fully saturated rings. The summed E-state index contributed by atoms with van der Waals surface area (Å²) in [6.45, 7) is 7.12. The third kappa shape index (κ3) is 8.54. The number of amides is 2. The first-order valence-corrected chi connectivity index (χ1v) is 23.0. The number of benzene rings is 2. The van der Waals surface area contributed by atoms with E-state index in [0.29, 0.717) is 20.6 Å². The molecule has 53 heavy (non-hydrogen) atoms. The molecule has 0 saturated heterocycles. The van der Waals surface area contributed by atoms with E-state index in [9.17, 15) is 9.59 Å². The van der Waals surface area contributed by atoms with Gasteiger partial charge in [-0.2, -0.15) is 0 Å². The van der Waals surface area contributed by atoms with Crippen molar-refractivity contribution < 1.29 is 43.7 Å². The molecular formula is C40H46Cl4F4N2O2Ti. The Balaban J connectivity index is 1.96. The molecule has 0 aromatic heterocycles. The Labute approximate surface area is 333 Å². The van der Waals surface area contributed by atoms with Gasteiger partial charge >= 0.3 is 336 Å². The van der Waals surface area contributed by atoms with Crippen LogP contribution in [0.1, 0.15) is 79.1 Å². The number of unbranched alkanes of at least 4 members (excludes halogenated alkanes) is 2. The normalized spacial score (nSPS) is 17.5. The van der Waals surface area contributed by atoms with Crippen molar-refractivity contribution in [2.24, 2.45) is 10.8 Å². The molecule has 2 amide bonds. The molecule has 13 heteroatoms. The van der Waals surface area contributed by atoms with Gasteiger partial charge < -0.3 is 0 Å². The Hall–Kier alpha value is -2.07. The number of allylic oxidation sites excluding steroid dienone is 8. The van der Waals surface area contributed by atoms with Gasteiger partial charge in [0, 0.05) is 0 Å². The van der Waals surface area contributed by atoms with Gasteiger partial charge in [0.25, 0.3) is 0 Å². The molecule has 4 unspecified atom stereocenters. The van der Waals surface area contributed by atoms with E-state index in [2.05, 4.69) is 10.6 Å². The first-order chi connectivity index (χ1) is 25.2. The van der Waals surface area contributed by atoms with Crippen LogP contribution in [0.5, 0.6) is 0 Å². The maximum atomic E-state index is 17.3. The van der Waals surface area contributed by atoms with E-state index >= 15 is 17.6 Å². The van der Waals surface area contributed by atoms with E-state index in [4.69, 9.17) is 46.4 Å². The molecule has 2 N–H and O–H groups in total. The second kappa shape index (κ2) is 18.7. The van der Waals surface area contributed by atoms with E-state index in [0.717, 1.165) is 49.9 Å². The SMILES string of the molecule is CCCCC(Cl)C(C)(CCl)C(=O)Nc1ccc(F)[c]([Ti]([C]2=CC=CC2)([C]2=CC=CC2)[c]2c(F)ccc(NC(=O)C(C)(CCl)C(Cl)CCCC)c2F)c1F. The van der Waals surface area contributed by atoms with Crippen molar-refractivity contribution in [1.29, 1.82) is 0 Å². The van der Waals surface area contributed by atoms with E-state index < -0.39 is 81.0 Å². The summed E-state index contributed by atoms with van der Waals surface area (Å²) in [4.78, 5) is 27.5. The minimum atomic E-state index is -5.33. The molecule has 0 aliphatic heterocycles. The number of carbonyl (C=O) groups excluding carboxylic acids is 2. The van der Waals surface area contributed by atoms with E-state index in [1.54, 1.807) is 50.3 Å². The van der Waals surface area contributed by atoms with Gasteiger partial charge in [-0.3, -0.25) is 0 Å². The van der Waals surface area contributed by atoms with Crippen LogP contribution in [-0.2, 0) is 26.2 Å². The fourth-order valence-corrected chi connectivity index (χ4v) is 16.6. The van der Waals surface area contributed by atoms with Crippen LogP contribution in [0.3, 0.4) is 0 Å². The Morgan fingerprint density at radius 2 is 1.09 bits per heavy atom. The second-order valence-electron chi connectivity index (χ2n) is 14.2. The molecule has 0 radical (unpaired) electrons. The summed E-state index contributed by atoms with van der Waals surface area (Å²) in [5.74, 6) is -6.06. The quantitative estimate of drug-likeness (QED) is 0.0892. The van der Waals surface area contributed by atoms with Gasteiger partial charge in [-0.05, 0) is 0 Å². The predicted molar refractivity (Wildman–Crippen MR) is 209 cm³/mol. The molecule has 0 heterocycles. The average Bonchev–Trinajstić information content (AvgIpc) is 3.90. The standard InChI is InChI=1S/2C15H18Cl2F2NO.2C5H5.Ti/c2*1-3-4-5-13(17)15(2,9-16)14(21)20-12-7-6-10(18)8-11(12)19;2*1-2-4-5-3-1;/h2*6-7,13H,3-5,9H2,1-2H3,(H,20,21);2*1-3H,4H2;. The van der Waals surface area contributed by atoms with Crippen molar-refractivity contribution in [3.05, 3.63) is 91.7 Å². The second-order valence-corrected chi connectivity index (χ2v) is 21.7. The van der Waals surface area contributed by atoms with Gasteiger partial charge in [0.15, 0.2) is 0 Å². The molecule has 2 aliphatic rings. The molecule has 4 rings (SSSR count). The molecule has 288 valence electrons. The molecular weight excluding hydrogens is 806 g/mol. The Morgan fingerprint density at radius 1 is 0.717 bits per heavy atom. The third-order valence-corrected chi connectivity index (χ3v) is 21.0. The molecule has 2 aromatic rings. The monoisotopic (exact) mass is 850 g/mol. The summed E-state index contributed by atoms with van der Waals surface area (Å²) in [6.07, 6.45) is 14.6. The van der Waals surface area contributed by atoms with E-state index in [1.807, 2.05) is 13.8 Å². The fourth-order valence-electron chi connectivity index (χ4n) is 6.92. The fraction of sp³-hybridized carbons (Fsp3) is 0.450. The molecule has 4 atom stereocenters. The van der Waals surface area contributed by atoms with Crippen LogP contribution in [0, 0.1) is 34.1 Å². The zero-order valence-corrected chi connectivity index (χ0v) is 34.9.